The number of nitrogen functional groups attached to an aromatic ring is 1. The predicted octanol–water partition coefficient (Wildman–Crippen LogP) is 3.73. The van der Waals surface area contributed by atoms with E-state index in [1.165, 1.54) is 36.3 Å². The van der Waals surface area contributed by atoms with Crippen LogP contribution in [0.5, 0.6) is 0 Å². The summed E-state index contributed by atoms with van der Waals surface area (Å²) in [6.45, 7) is 2.60. The van der Waals surface area contributed by atoms with Crippen LogP contribution in [0.1, 0.15) is 28.2 Å². The number of nitrogens with two attached hydrogens (primary N) is 1. The van der Waals surface area contributed by atoms with Gasteiger partial charge in [-0.15, -0.1) is 11.3 Å². The number of benzene rings is 1. The van der Waals surface area contributed by atoms with Gasteiger partial charge < -0.3 is 15.5 Å². The number of rotatable bonds is 3. The van der Waals surface area contributed by atoms with Crippen molar-refractivity contribution in [3.63, 3.8) is 0 Å². The standard InChI is InChI=1S/C21H20FN5OS/c22-15-5-4-14(11-16(15)23)27-10-7-17-19(21(27)28)29-20(25-17)13-3-6-18(24-12-13)26-8-1-2-9-26/h3-6,11-12H,1-2,7-10,23H2. The highest BCUT2D eigenvalue weighted by molar-refractivity contribution is 7.17. The Hall–Kier alpha value is -3.00. The molecule has 0 aliphatic carbocycles. The van der Waals surface area contributed by atoms with Crippen molar-refractivity contribution in [1.82, 2.24) is 9.97 Å². The van der Waals surface area contributed by atoms with Crippen LogP contribution in [-0.4, -0.2) is 35.5 Å². The summed E-state index contributed by atoms with van der Waals surface area (Å²) in [5, 5.41) is 0.796. The maximum absolute atomic E-state index is 13.5. The summed E-state index contributed by atoms with van der Waals surface area (Å²) >= 11 is 1.38. The second-order valence-electron chi connectivity index (χ2n) is 7.31. The zero-order chi connectivity index (χ0) is 20.0. The lowest BCUT2D eigenvalue weighted by Crippen LogP contribution is -2.37. The molecular weight excluding hydrogens is 389 g/mol. The fourth-order valence-corrected chi connectivity index (χ4v) is 4.90. The Kier molecular flexibility index (Phi) is 4.43. The molecule has 0 bridgehead atoms. The van der Waals surface area contributed by atoms with Gasteiger partial charge in [0.05, 0.1) is 11.4 Å². The molecule has 0 spiro atoms. The van der Waals surface area contributed by atoms with Gasteiger partial charge in [-0.2, -0.15) is 0 Å². The van der Waals surface area contributed by atoms with Crippen LogP contribution in [-0.2, 0) is 6.42 Å². The Balaban J connectivity index is 1.41. The first-order valence-corrected chi connectivity index (χ1v) is 10.5. The van der Waals surface area contributed by atoms with Crippen molar-refractivity contribution < 1.29 is 9.18 Å². The molecule has 0 unspecified atom stereocenters. The highest BCUT2D eigenvalue weighted by Crippen LogP contribution is 2.34. The SMILES string of the molecule is Nc1cc(N2CCc3nc(-c4ccc(N5CCCC5)nc4)sc3C2=O)ccc1F. The van der Waals surface area contributed by atoms with E-state index in [1.54, 1.807) is 11.0 Å². The lowest BCUT2D eigenvalue weighted by atomic mass is 10.1. The molecule has 1 fully saturated rings. The zero-order valence-electron chi connectivity index (χ0n) is 15.8. The van der Waals surface area contributed by atoms with Crippen molar-refractivity contribution in [1.29, 1.82) is 0 Å². The topological polar surface area (TPSA) is 75.3 Å². The molecule has 0 radical (unpaired) electrons. The van der Waals surface area contributed by atoms with Gasteiger partial charge in [-0.25, -0.2) is 14.4 Å². The summed E-state index contributed by atoms with van der Waals surface area (Å²) < 4.78 is 13.5. The summed E-state index contributed by atoms with van der Waals surface area (Å²) in [6.07, 6.45) is 4.90. The largest absolute Gasteiger partial charge is 0.396 e. The first kappa shape index (κ1) is 18.1. The quantitative estimate of drug-likeness (QED) is 0.667. The lowest BCUT2D eigenvalue weighted by Gasteiger charge is -2.26. The summed E-state index contributed by atoms with van der Waals surface area (Å²) in [4.78, 5) is 26.8. The zero-order valence-corrected chi connectivity index (χ0v) is 16.6. The monoisotopic (exact) mass is 409 g/mol. The molecule has 4 heterocycles. The summed E-state index contributed by atoms with van der Waals surface area (Å²) in [5.41, 5.74) is 8.04. The van der Waals surface area contributed by atoms with Crippen molar-refractivity contribution in [2.45, 2.75) is 19.3 Å². The van der Waals surface area contributed by atoms with Gasteiger partial charge in [0.2, 0.25) is 0 Å². The van der Waals surface area contributed by atoms with Gasteiger partial charge in [0.1, 0.15) is 21.5 Å². The number of anilines is 3. The van der Waals surface area contributed by atoms with Crippen molar-refractivity contribution in [3.8, 4) is 10.6 Å². The fraction of sp³-hybridized carbons (Fsp3) is 0.286. The van der Waals surface area contributed by atoms with E-state index >= 15 is 0 Å². The van der Waals surface area contributed by atoms with Gasteiger partial charge in [0.15, 0.2) is 0 Å². The van der Waals surface area contributed by atoms with E-state index in [0.717, 1.165) is 35.2 Å². The minimum atomic E-state index is -0.483. The predicted molar refractivity (Wildman–Crippen MR) is 113 cm³/mol. The highest BCUT2D eigenvalue weighted by Gasteiger charge is 2.30. The normalized spacial score (nSPS) is 16.4. The van der Waals surface area contributed by atoms with Crippen LogP contribution in [0.25, 0.3) is 10.6 Å². The summed E-state index contributed by atoms with van der Waals surface area (Å²) in [7, 11) is 0. The third-order valence-electron chi connectivity index (χ3n) is 5.43. The Morgan fingerprint density at radius 2 is 1.93 bits per heavy atom. The molecule has 8 heteroatoms. The average Bonchev–Trinajstić information content (AvgIpc) is 3.41. The van der Waals surface area contributed by atoms with Crippen LogP contribution in [0.15, 0.2) is 36.5 Å². The number of hydrogen-bond donors (Lipinski definition) is 1. The molecule has 1 saturated heterocycles. The van der Waals surface area contributed by atoms with Crippen LogP contribution in [0, 0.1) is 5.82 Å². The third-order valence-corrected chi connectivity index (χ3v) is 6.56. The van der Waals surface area contributed by atoms with Gasteiger partial charge in [-0.1, -0.05) is 0 Å². The number of aromatic nitrogens is 2. The second-order valence-corrected chi connectivity index (χ2v) is 8.31. The highest BCUT2D eigenvalue weighted by atomic mass is 32.1. The van der Waals surface area contributed by atoms with E-state index in [-0.39, 0.29) is 11.6 Å². The first-order chi connectivity index (χ1) is 14.1. The van der Waals surface area contributed by atoms with E-state index < -0.39 is 5.82 Å². The van der Waals surface area contributed by atoms with Crippen LogP contribution >= 0.6 is 11.3 Å². The Labute approximate surface area is 171 Å². The third kappa shape index (κ3) is 3.23. The van der Waals surface area contributed by atoms with Crippen LogP contribution in [0.3, 0.4) is 0 Å². The Morgan fingerprint density at radius 1 is 1.10 bits per heavy atom. The average molecular weight is 409 g/mol. The van der Waals surface area contributed by atoms with Crippen molar-refractivity contribution >= 4 is 34.4 Å². The molecule has 1 amide bonds. The molecule has 6 nitrogen and oxygen atoms in total. The second kappa shape index (κ2) is 7.11. The Bertz CT molecular complexity index is 1080. The number of fused-ring (bicyclic) bond motifs is 1. The van der Waals surface area contributed by atoms with Crippen molar-refractivity contribution in [2.75, 3.05) is 35.2 Å². The molecule has 2 N–H and O–H groups in total. The minimum Gasteiger partial charge on any atom is -0.396 e. The molecule has 2 aliphatic heterocycles. The maximum Gasteiger partial charge on any atom is 0.270 e. The van der Waals surface area contributed by atoms with Crippen molar-refractivity contribution in [2.24, 2.45) is 0 Å². The summed E-state index contributed by atoms with van der Waals surface area (Å²) in [6, 6.07) is 8.42. The number of hydrogen-bond acceptors (Lipinski definition) is 6. The number of carbonyl (C=O) groups is 1. The number of halogens is 1. The van der Waals surface area contributed by atoms with Crippen LogP contribution in [0.4, 0.5) is 21.6 Å². The van der Waals surface area contributed by atoms with Crippen LogP contribution < -0.4 is 15.5 Å². The number of amides is 1. The molecule has 1 aromatic carbocycles. The van der Waals surface area contributed by atoms with E-state index in [2.05, 4.69) is 9.88 Å². The number of nitrogens with zero attached hydrogens (tertiary/aromatic N) is 4. The molecule has 5 rings (SSSR count). The van der Waals surface area contributed by atoms with Crippen molar-refractivity contribution in [3.05, 3.63) is 52.9 Å². The van der Waals surface area contributed by atoms with E-state index in [1.807, 2.05) is 18.3 Å². The van der Waals surface area contributed by atoms with Gasteiger partial charge in [-0.05, 0) is 43.2 Å². The van der Waals surface area contributed by atoms with Gasteiger partial charge in [-0.3, -0.25) is 4.79 Å². The smallest absolute Gasteiger partial charge is 0.270 e. The molecule has 148 valence electrons. The van der Waals surface area contributed by atoms with E-state index in [9.17, 15) is 9.18 Å². The Morgan fingerprint density at radius 3 is 2.66 bits per heavy atom. The molecule has 0 saturated carbocycles. The molecule has 2 aromatic heterocycles. The molecule has 2 aliphatic rings. The lowest BCUT2D eigenvalue weighted by molar-refractivity contribution is 0.0984. The maximum atomic E-state index is 13.5. The number of carbonyl (C=O) groups excluding carboxylic acids is 1. The van der Waals surface area contributed by atoms with E-state index in [4.69, 9.17) is 10.7 Å². The molecule has 29 heavy (non-hydrogen) atoms. The molecule has 0 atom stereocenters. The molecular formula is C21H20FN5OS. The minimum absolute atomic E-state index is 0.0373. The van der Waals surface area contributed by atoms with Crippen LogP contribution in [0.2, 0.25) is 0 Å². The van der Waals surface area contributed by atoms with E-state index in [0.29, 0.717) is 23.5 Å². The van der Waals surface area contributed by atoms with Gasteiger partial charge >= 0.3 is 0 Å². The van der Waals surface area contributed by atoms with Gasteiger partial charge in [0, 0.05) is 43.5 Å². The fourth-order valence-electron chi connectivity index (χ4n) is 3.84. The number of pyridine rings is 1. The molecule has 3 aromatic rings. The number of thiazole rings is 1. The van der Waals surface area contributed by atoms with Gasteiger partial charge in [0.25, 0.3) is 5.91 Å². The first-order valence-electron chi connectivity index (χ1n) is 9.68. The summed E-state index contributed by atoms with van der Waals surface area (Å²) in [5.74, 6) is 0.384.